The standard InChI is InChI=1S/C18H25N3O2/c1-13-7-3-5-9-15(13)20(2)18(23)11-21-16-10-6-4-8-14(16)19-17(21)12-22/h4,6,8,10,13,15,22H,3,5,7,9,11-12H2,1-2H3. The average molecular weight is 315 g/mol. The van der Waals surface area contributed by atoms with Crippen molar-refractivity contribution < 1.29 is 9.90 Å². The number of imidazole rings is 1. The van der Waals surface area contributed by atoms with Gasteiger partial charge in [-0.25, -0.2) is 4.98 Å². The lowest BCUT2D eigenvalue weighted by Gasteiger charge is -2.36. The molecule has 3 rings (SSSR count). The van der Waals surface area contributed by atoms with Gasteiger partial charge >= 0.3 is 0 Å². The summed E-state index contributed by atoms with van der Waals surface area (Å²) < 4.78 is 1.83. The normalized spacial score (nSPS) is 21.5. The van der Waals surface area contributed by atoms with Crippen molar-refractivity contribution in [3.05, 3.63) is 30.1 Å². The summed E-state index contributed by atoms with van der Waals surface area (Å²) in [6.45, 7) is 2.31. The molecule has 0 saturated heterocycles. The minimum absolute atomic E-state index is 0.0848. The van der Waals surface area contributed by atoms with E-state index in [1.807, 2.05) is 40.8 Å². The third-order valence-electron chi connectivity index (χ3n) is 5.13. The van der Waals surface area contributed by atoms with E-state index in [-0.39, 0.29) is 19.1 Å². The summed E-state index contributed by atoms with van der Waals surface area (Å²) in [5.41, 5.74) is 1.72. The average Bonchev–Trinajstić information content (AvgIpc) is 2.92. The van der Waals surface area contributed by atoms with Crippen LogP contribution in [0.4, 0.5) is 0 Å². The summed E-state index contributed by atoms with van der Waals surface area (Å²) >= 11 is 0. The number of carbonyl (C=O) groups excluding carboxylic acids is 1. The first kappa shape index (κ1) is 16.0. The number of rotatable bonds is 4. The Bertz CT molecular complexity index is 695. The van der Waals surface area contributed by atoms with E-state index in [9.17, 15) is 9.90 Å². The molecular weight excluding hydrogens is 290 g/mol. The maximum absolute atomic E-state index is 12.8. The highest BCUT2D eigenvalue weighted by Crippen LogP contribution is 2.27. The van der Waals surface area contributed by atoms with Crippen molar-refractivity contribution in [2.24, 2.45) is 5.92 Å². The predicted molar refractivity (Wildman–Crippen MR) is 89.8 cm³/mol. The molecule has 0 spiro atoms. The van der Waals surface area contributed by atoms with Crippen LogP contribution in [0.2, 0.25) is 0 Å². The Hall–Kier alpha value is -1.88. The van der Waals surface area contributed by atoms with Crippen molar-refractivity contribution in [1.82, 2.24) is 14.5 Å². The van der Waals surface area contributed by atoms with Gasteiger partial charge in [-0.2, -0.15) is 0 Å². The highest BCUT2D eigenvalue weighted by atomic mass is 16.3. The van der Waals surface area contributed by atoms with Crippen LogP contribution in [-0.4, -0.2) is 38.6 Å². The van der Waals surface area contributed by atoms with Gasteiger partial charge in [0.05, 0.1) is 11.0 Å². The summed E-state index contributed by atoms with van der Waals surface area (Å²) in [5.74, 6) is 1.18. The number of nitrogens with zero attached hydrogens (tertiary/aromatic N) is 3. The molecule has 5 nitrogen and oxygen atoms in total. The molecule has 124 valence electrons. The number of aliphatic hydroxyl groups is 1. The highest BCUT2D eigenvalue weighted by Gasteiger charge is 2.28. The quantitative estimate of drug-likeness (QED) is 0.943. The van der Waals surface area contributed by atoms with Gasteiger partial charge in [-0.3, -0.25) is 4.79 Å². The predicted octanol–water partition coefficient (Wildman–Crippen LogP) is 2.57. The molecule has 1 N–H and O–H groups in total. The fourth-order valence-corrected chi connectivity index (χ4v) is 3.73. The molecular formula is C18H25N3O2. The Morgan fingerprint density at radius 1 is 1.35 bits per heavy atom. The molecule has 1 aromatic heterocycles. The molecule has 1 fully saturated rings. The van der Waals surface area contributed by atoms with E-state index in [0.29, 0.717) is 17.8 Å². The number of hydrogen-bond acceptors (Lipinski definition) is 3. The molecule has 2 unspecified atom stereocenters. The molecule has 23 heavy (non-hydrogen) atoms. The lowest BCUT2D eigenvalue weighted by Crippen LogP contribution is -2.44. The van der Waals surface area contributed by atoms with Crippen LogP contribution in [0.5, 0.6) is 0 Å². The van der Waals surface area contributed by atoms with E-state index in [1.165, 1.54) is 19.3 Å². The summed E-state index contributed by atoms with van der Waals surface area (Å²) in [7, 11) is 1.91. The van der Waals surface area contributed by atoms with Crippen LogP contribution in [0.3, 0.4) is 0 Å². The van der Waals surface area contributed by atoms with Gasteiger partial charge in [0.2, 0.25) is 5.91 Å². The van der Waals surface area contributed by atoms with Crippen molar-refractivity contribution in [2.45, 2.75) is 51.8 Å². The zero-order valence-corrected chi connectivity index (χ0v) is 13.9. The number of aromatic nitrogens is 2. The SMILES string of the molecule is CC1CCCCC1N(C)C(=O)Cn1c(CO)nc2ccccc21. The minimum atomic E-state index is -0.161. The number of para-hydroxylation sites is 2. The Kier molecular flexibility index (Phi) is 4.66. The molecule has 0 radical (unpaired) electrons. The van der Waals surface area contributed by atoms with E-state index in [0.717, 1.165) is 17.5 Å². The van der Waals surface area contributed by atoms with Crippen LogP contribution in [0.25, 0.3) is 11.0 Å². The number of hydrogen-bond donors (Lipinski definition) is 1. The van der Waals surface area contributed by atoms with Crippen molar-refractivity contribution in [2.75, 3.05) is 7.05 Å². The van der Waals surface area contributed by atoms with Crippen LogP contribution < -0.4 is 0 Å². The van der Waals surface area contributed by atoms with Gasteiger partial charge in [-0.05, 0) is 30.9 Å². The van der Waals surface area contributed by atoms with Gasteiger partial charge in [0.15, 0.2) is 0 Å². The Morgan fingerprint density at radius 3 is 2.83 bits per heavy atom. The van der Waals surface area contributed by atoms with Crippen molar-refractivity contribution in [1.29, 1.82) is 0 Å². The molecule has 2 atom stereocenters. The summed E-state index contributed by atoms with van der Waals surface area (Å²) in [4.78, 5) is 19.1. The van der Waals surface area contributed by atoms with Gasteiger partial charge in [-0.15, -0.1) is 0 Å². The van der Waals surface area contributed by atoms with Crippen LogP contribution in [0.15, 0.2) is 24.3 Å². The van der Waals surface area contributed by atoms with E-state index in [1.54, 1.807) is 0 Å². The van der Waals surface area contributed by atoms with E-state index >= 15 is 0 Å². The second kappa shape index (κ2) is 6.71. The Labute approximate surface area is 136 Å². The topological polar surface area (TPSA) is 58.4 Å². The van der Waals surface area contributed by atoms with E-state index < -0.39 is 0 Å². The molecule has 2 aromatic rings. The largest absolute Gasteiger partial charge is 0.388 e. The third-order valence-corrected chi connectivity index (χ3v) is 5.13. The number of benzene rings is 1. The highest BCUT2D eigenvalue weighted by molar-refractivity contribution is 5.81. The molecule has 5 heteroatoms. The summed E-state index contributed by atoms with van der Waals surface area (Å²) in [5, 5.41) is 9.55. The van der Waals surface area contributed by atoms with Crippen molar-refractivity contribution >= 4 is 16.9 Å². The molecule has 1 amide bonds. The molecule has 0 aliphatic heterocycles. The first-order chi connectivity index (χ1) is 11.1. The number of aliphatic hydroxyl groups excluding tert-OH is 1. The molecule has 1 saturated carbocycles. The second-order valence-electron chi connectivity index (χ2n) is 6.59. The number of carbonyl (C=O) groups is 1. The smallest absolute Gasteiger partial charge is 0.242 e. The Morgan fingerprint density at radius 2 is 2.09 bits per heavy atom. The van der Waals surface area contributed by atoms with Gasteiger partial charge in [0.1, 0.15) is 19.0 Å². The number of likely N-dealkylation sites (N-methyl/N-ethyl adjacent to an activating group) is 1. The zero-order valence-electron chi connectivity index (χ0n) is 13.9. The molecule has 0 bridgehead atoms. The van der Waals surface area contributed by atoms with Gasteiger partial charge in [0, 0.05) is 13.1 Å². The molecule has 1 aromatic carbocycles. The van der Waals surface area contributed by atoms with Gasteiger partial charge in [-0.1, -0.05) is 31.9 Å². The van der Waals surface area contributed by atoms with Crippen LogP contribution in [0.1, 0.15) is 38.4 Å². The van der Waals surface area contributed by atoms with Gasteiger partial charge < -0.3 is 14.6 Å². The third kappa shape index (κ3) is 3.11. The zero-order chi connectivity index (χ0) is 16.4. The maximum atomic E-state index is 12.8. The fourth-order valence-electron chi connectivity index (χ4n) is 3.73. The molecule has 1 heterocycles. The van der Waals surface area contributed by atoms with Crippen LogP contribution in [-0.2, 0) is 17.9 Å². The van der Waals surface area contributed by atoms with Crippen LogP contribution >= 0.6 is 0 Å². The maximum Gasteiger partial charge on any atom is 0.242 e. The van der Waals surface area contributed by atoms with Crippen molar-refractivity contribution in [3.8, 4) is 0 Å². The summed E-state index contributed by atoms with van der Waals surface area (Å²) in [6, 6.07) is 8.02. The number of fused-ring (bicyclic) bond motifs is 1. The minimum Gasteiger partial charge on any atom is -0.388 e. The van der Waals surface area contributed by atoms with E-state index in [4.69, 9.17) is 0 Å². The monoisotopic (exact) mass is 315 g/mol. The summed E-state index contributed by atoms with van der Waals surface area (Å²) in [6.07, 6.45) is 4.74. The first-order valence-corrected chi connectivity index (χ1v) is 8.42. The van der Waals surface area contributed by atoms with Crippen LogP contribution in [0, 0.1) is 5.92 Å². The lowest BCUT2D eigenvalue weighted by atomic mass is 9.85. The fraction of sp³-hybridized carbons (Fsp3) is 0.556. The molecule has 1 aliphatic carbocycles. The Balaban J connectivity index is 1.82. The molecule has 1 aliphatic rings. The van der Waals surface area contributed by atoms with Gasteiger partial charge in [0.25, 0.3) is 0 Å². The second-order valence-corrected chi connectivity index (χ2v) is 6.59. The van der Waals surface area contributed by atoms with Crippen molar-refractivity contribution in [3.63, 3.8) is 0 Å². The first-order valence-electron chi connectivity index (χ1n) is 8.42. The van der Waals surface area contributed by atoms with E-state index in [2.05, 4.69) is 11.9 Å². The lowest BCUT2D eigenvalue weighted by molar-refractivity contribution is -0.134. The number of amides is 1.